The second kappa shape index (κ2) is 15.9. The van der Waals surface area contributed by atoms with E-state index in [0.29, 0.717) is 0 Å². The summed E-state index contributed by atoms with van der Waals surface area (Å²) >= 11 is 7.19. The Morgan fingerprint density at radius 1 is 0.487 bits per heavy atom. The summed E-state index contributed by atoms with van der Waals surface area (Å²) in [5, 5.41) is 0. The van der Waals surface area contributed by atoms with E-state index in [1.165, 1.54) is 53.1 Å². The third kappa shape index (κ3) is 7.30. The maximum absolute atomic E-state index is 4.47. The van der Waals surface area contributed by atoms with Gasteiger partial charge in [0.25, 0.3) is 0 Å². The number of rotatable bonds is 6. The molecule has 0 saturated heterocycles. The van der Waals surface area contributed by atoms with Crippen molar-refractivity contribution >= 4 is 58.2 Å². The fourth-order valence-electron chi connectivity index (χ4n) is 4.43. The number of allylic oxidation sites excluding steroid dienone is 12. The van der Waals surface area contributed by atoms with Crippen molar-refractivity contribution in [1.82, 2.24) is 9.97 Å². The first-order chi connectivity index (χ1) is 17.7. The molecule has 2 heterocycles. The Kier molecular flexibility index (Phi) is 14.0. The monoisotopic (exact) mass is 702 g/mol. The van der Waals surface area contributed by atoms with Crippen molar-refractivity contribution in [2.24, 2.45) is 0 Å². The topological polar surface area (TPSA) is 25.8 Å². The third-order valence-electron chi connectivity index (χ3n) is 6.18. The number of halogens is 2. The van der Waals surface area contributed by atoms with Crippen LogP contribution in [0, 0.1) is 0 Å². The summed E-state index contributed by atoms with van der Waals surface area (Å²) in [6, 6.07) is 12.1. The third-order valence-corrected chi connectivity index (χ3v) is 9.15. The summed E-state index contributed by atoms with van der Waals surface area (Å²) in [4.78, 5) is 14.3. The average Bonchev–Trinajstić information content (AvgIpc) is 3.69. The number of fused-ring (bicyclic) bond motifs is 2. The van der Waals surface area contributed by atoms with Crippen molar-refractivity contribution in [1.29, 1.82) is 0 Å². The Hall–Kier alpha value is -0.917. The minimum atomic E-state index is 0. The number of hydrogen-bond acceptors (Lipinski definition) is 6. The van der Waals surface area contributed by atoms with Crippen molar-refractivity contribution in [3.05, 3.63) is 139 Å². The first kappa shape index (κ1) is 34.3. The molecule has 0 bridgehead atoms. The molecule has 2 aromatic rings. The van der Waals surface area contributed by atoms with Gasteiger partial charge in [0, 0.05) is 43.2 Å². The molecule has 0 fully saturated rings. The molecule has 0 N–H and O–H groups in total. The van der Waals surface area contributed by atoms with Gasteiger partial charge in [-0.3, -0.25) is 9.97 Å². The van der Waals surface area contributed by atoms with Gasteiger partial charge in [0.2, 0.25) is 0 Å². The average molecular weight is 705 g/mol. The van der Waals surface area contributed by atoms with Crippen LogP contribution in [0.25, 0.3) is 11.1 Å². The van der Waals surface area contributed by atoms with E-state index in [9.17, 15) is 0 Å². The number of nitrogens with zero attached hydrogens (tertiary/aromatic N) is 2. The van der Waals surface area contributed by atoms with E-state index >= 15 is 0 Å². The number of aromatic nitrogens is 2. The Balaban J connectivity index is 0.000000254. The zero-order valence-electron chi connectivity index (χ0n) is 21.9. The van der Waals surface area contributed by atoms with Gasteiger partial charge in [-0.25, -0.2) is 0 Å². The summed E-state index contributed by atoms with van der Waals surface area (Å²) in [5.41, 5.74) is 9.96. The Labute approximate surface area is 280 Å². The summed E-state index contributed by atoms with van der Waals surface area (Å²) < 4.78 is 0. The maximum Gasteiger partial charge on any atom is 2.00 e. The molecule has 39 heavy (non-hydrogen) atoms. The molecule has 2 aromatic heterocycles. The van der Waals surface area contributed by atoms with Crippen LogP contribution in [0.4, 0.5) is 0 Å². The van der Waals surface area contributed by atoms with Gasteiger partial charge in [-0.05, 0) is 108 Å². The van der Waals surface area contributed by atoms with E-state index < -0.39 is 0 Å². The van der Waals surface area contributed by atoms with E-state index in [2.05, 4.69) is 83.6 Å². The van der Waals surface area contributed by atoms with E-state index in [4.69, 9.17) is 0 Å². The number of thioether (sulfide) groups is 4. The summed E-state index contributed by atoms with van der Waals surface area (Å²) in [6.07, 6.45) is 25.8. The van der Waals surface area contributed by atoms with Crippen molar-refractivity contribution in [3.63, 3.8) is 0 Å². The SMILES string of the molecule is CSC1=CC2=C(c3ccccn3)C=C(SC)C2=C1.CSC1=CC2=C(c3ccccn3)C=C(SC)C2=C1.[Cl-].[Cl-].[Zr+2]. The molecule has 198 valence electrons. The number of hydrogen-bond donors (Lipinski definition) is 0. The first-order valence-electron chi connectivity index (χ1n) is 11.5. The molecule has 0 unspecified atom stereocenters. The van der Waals surface area contributed by atoms with Crippen molar-refractivity contribution in [3.8, 4) is 0 Å². The van der Waals surface area contributed by atoms with Crippen LogP contribution in [-0.2, 0) is 26.2 Å². The minimum Gasteiger partial charge on any atom is -1.00 e. The number of pyridine rings is 2. The normalized spacial score (nSPS) is 16.2. The largest absolute Gasteiger partial charge is 2.00 e. The quantitative estimate of drug-likeness (QED) is 0.459. The molecule has 0 atom stereocenters. The molecule has 0 spiro atoms. The smallest absolute Gasteiger partial charge is 1.00 e. The van der Waals surface area contributed by atoms with E-state index in [-0.39, 0.29) is 51.0 Å². The van der Waals surface area contributed by atoms with Gasteiger partial charge in [0.1, 0.15) is 0 Å². The molecular formula is C30H26Cl2N2S4Zr. The zero-order chi connectivity index (χ0) is 25.1. The van der Waals surface area contributed by atoms with Crippen LogP contribution >= 0.6 is 47.0 Å². The van der Waals surface area contributed by atoms with Gasteiger partial charge in [-0.1, -0.05) is 12.1 Å². The predicted octanol–water partition coefficient (Wildman–Crippen LogP) is 2.57. The molecule has 0 radical (unpaired) electrons. The molecule has 0 aliphatic heterocycles. The fourth-order valence-corrected chi connectivity index (χ4v) is 6.62. The summed E-state index contributed by atoms with van der Waals surface area (Å²) in [7, 11) is 0. The molecule has 6 rings (SSSR count). The van der Waals surface area contributed by atoms with E-state index in [1.54, 1.807) is 47.0 Å². The second-order valence-corrected chi connectivity index (χ2v) is 11.6. The maximum atomic E-state index is 4.47. The van der Waals surface area contributed by atoms with Crippen LogP contribution < -0.4 is 24.8 Å². The molecule has 0 amide bonds. The zero-order valence-corrected chi connectivity index (χ0v) is 29.1. The van der Waals surface area contributed by atoms with Crippen LogP contribution in [-0.4, -0.2) is 35.0 Å². The van der Waals surface area contributed by atoms with Crippen molar-refractivity contribution in [2.75, 3.05) is 25.0 Å². The van der Waals surface area contributed by atoms with Crippen LogP contribution in [0.2, 0.25) is 0 Å². The van der Waals surface area contributed by atoms with E-state index in [1.807, 2.05) is 36.7 Å². The minimum absolute atomic E-state index is 0. The molecule has 0 saturated carbocycles. The molecule has 4 aliphatic rings. The van der Waals surface area contributed by atoms with Gasteiger partial charge in [-0.15, -0.1) is 47.0 Å². The standard InChI is InChI=1S/2C15H13NS2.2ClH.Zr/c2*1-17-10-7-11-12(14-5-3-4-6-16-14)9-15(18-2)13(11)8-10;;;/h2*3-9H,1-2H3;2*1H;/q;;;;+2/p-2. The molecule has 4 aliphatic carbocycles. The van der Waals surface area contributed by atoms with Crippen LogP contribution in [0.15, 0.2) is 127 Å². The molecule has 0 aromatic carbocycles. The predicted molar refractivity (Wildman–Crippen MR) is 165 cm³/mol. The van der Waals surface area contributed by atoms with Gasteiger partial charge in [-0.2, -0.15) is 0 Å². The first-order valence-corrected chi connectivity index (χ1v) is 16.4. The Morgan fingerprint density at radius 3 is 1.21 bits per heavy atom. The van der Waals surface area contributed by atoms with Gasteiger partial charge in [0.05, 0.1) is 11.4 Å². The summed E-state index contributed by atoms with van der Waals surface area (Å²) in [5.74, 6) is 0. The Bertz CT molecular complexity index is 1340. The van der Waals surface area contributed by atoms with Crippen LogP contribution in [0.5, 0.6) is 0 Å². The van der Waals surface area contributed by atoms with Gasteiger partial charge in [0.15, 0.2) is 0 Å². The van der Waals surface area contributed by atoms with E-state index in [0.717, 1.165) is 11.4 Å². The van der Waals surface area contributed by atoms with Crippen LogP contribution in [0.1, 0.15) is 11.4 Å². The van der Waals surface area contributed by atoms with Gasteiger partial charge < -0.3 is 24.8 Å². The Morgan fingerprint density at radius 2 is 0.897 bits per heavy atom. The van der Waals surface area contributed by atoms with Crippen LogP contribution in [0.3, 0.4) is 0 Å². The fraction of sp³-hybridized carbons (Fsp3) is 0.133. The summed E-state index contributed by atoms with van der Waals surface area (Å²) in [6.45, 7) is 0. The van der Waals surface area contributed by atoms with Gasteiger partial charge >= 0.3 is 26.2 Å². The second-order valence-electron chi connectivity index (χ2n) is 8.13. The van der Waals surface area contributed by atoms with Crippen molar-refractivity contribution in [2.45, 2.75) is 0 Å². The molecule has 2 nitrogen and oxygen atoms in total. The van der Waals surface area contributed by atoms with Crippen molar-refractivity contribution < 1.29 is 51.0 Å². The molecular weight excluding hydrogens is 679 g/mol. The molecule has 9 heteroatoms.